The van der Waals surface area contributed by atoms with Crippen molar-refractivity contribution in [2.24, 2.45) is 0 Å². The van der Waals surface area contributed by atoms with Gasteiger partial charge in [-0.15, -0.1) is 0 Å². The van der Waals surface area contributed by atoms with Gasteiger partial charge in [-0.1, -0.05) is 0 Å². The van der Waals surface area contributed by atoms with Crippen LogP contribution in [0.25, 0.3) is 10.9 Å². The van der Waals surface area contributed by atoms with Crippen LogP contribution in [0.2, 0.25) is 0 Å². The van der Waals surface area contributed by atoms with Crippen molar-refractivity contribution in [3.8, 4) is 0 Å². The first-order valence-corrected chi connectivity index (χ1v) is 7.14. The number of benzene rings is 1. The van der Waals surface area contributed by atoms with Gasteiger partial charge in [-0.2, -0.15) is 0 Å². The lowest BCUT2D eigenvalue weighted by atomic mass is 10.1. The number of halogens is 1. The maximum atomic E-state index is 14.2. The first-order valence-electron chi connectivity index (χ1n) is 7.14. The number of ether oxygens (including phenoxy) is 1. The highest BCUT2D eigenvalue weighted by atomic mass is 19.1. The van der Waals surface area contributed by atoms with Crippen LogP contribution in [0.3, 0.4) is 0 Å². The smallest absolute Gasteiger partial charge is 0.334 e. The number of anilines is 1. The van der Waals surface area contributed by atoms with Gasteiger partial charge in [0.05, 0.1) is 18.2 Å². The number of nitrogens with zero attached hydrogens (tertiary/aromatic N) is 2. The number of fused-ring (bicyclic) bond motifs is 1. The number of carboxylic acids is 1. The zero-order chi connectivity index (χ0) is 15.9. The highest BCUT2D eigenvalue weighted by molar-refractivity contribution is 5.94. The Hall–Kier alpha value is -2.21. The summed E-state index contributed by atoms with van der Waals surface area (Å²) in [4.78, 5) is 17.3. The molecular formula is C16H17FN2O3. The van der Waals surface area contributed by atoms with Gasteiger partial charge in [0.2, 0.25) is 0 Å². The van der Waals surface area contributed by atoms with E-state index in [9.17, 15) is 14.3 Å². The van der Waals surface area contributed by atoms with E-state index >= 15 is 0 Å². The van der Waals surface area contributed by atoms with Crippen LogP contribution in [-0.2, 0) is 9.53 Å². The fourth-order valence-electron chi connectivity index (χ4n) is 2.88. The van der Waals surface area contributed by atoms with Crippen molar-refractivity contribution in [1.82, 2.24) is 4.98 Å². The van der Waals surface area contributed by atoms with Crippen molar-refractivity contribution in [2.45, 2.75) is 26.1 Å². The van der Waals surface area contributed by atoms with Gasteiger partial charge < -0.3 is 14.7 Å². The molecule has 0 bridgehead atoms. The third-order valence-electron chi connectivity index (χ3n) is 3.94. The lowest BCUT2D eigenvalue weighted by Gasteiger charge is -2.37. The summed E-state index contributed by atoms with van der Waals surface area (Å²) < 4.78 is 19.6. The van der Waals surface area contributed by atoms with Gasteiger partial charge >= 0.3 is 5.97 Å². The Kier molecular flexibility index (Phi) is 3.70. The van der Waals surface area contributed by atoms with E-state index in [4.69, 9.17) is 4.74 Å². The highest BCUT2D eigenvalue weighted by Gasteiger charge is 2.31. The van der Waals surface area contributed by atoms with Crippen molar-refractivity contribution < 1.29 is 19.0 Å². The zero-order valence-corrected chi connectivity index (χ0v) is 12.4. The maximum absolute atomic E-state index is 14.2. The molecule has 3 rings (SSSR count). The van der Waals surface area contributed by atoms with E-state index in [1.165, 1.54) is 6.07 Å². The molecule has 22 heavy (non-hydrogen) atoms. The summed E-state index contributed by atoms with van der Waals surface area (Å²) in [6.45, 7) is 4.20. The zero-order valence-electron chi connectivity index (χ0n) is 12.4. The molecule has 0 amide bonds. The molecule has 0 spiro atoms. The van der Waals surface area contributed by atoms with Gasteiger partial charge in [-0.05, 0) is 32.0 Å². The van der Waals surface area contributed by atoms with E-state index in [2.05, 4.69) is 4.98 Å². The van der Waals surface area contributed by atoms with E-state index < -0.39 is 12.1 Å². The van der Waals surface area contributed by atoms with Crippen LogP contribution in [0.4, 0.5) is 10.1 Å². The summed E-state index contributed by atoms with van der Waals surface area (Å²) in [6, 6.07) is 5.12. The van der Waals surface area contributed by atoms with Crippen molar-refractivity contribution >= 4 is 22.6 Å². The second kappa shape index (κ2) is 5.53. The van der Waals surface area contributed by atoms with Gasteiger partial charge in [0.25, 0.3) is 0 Å². The van der Waals surface area contributed by atoms with E-state index in [0.717, 1.165) is 5.39 Å². The van der Waals surface area contributed by atoms with Gasteiger partial charge in [0, 0.05) is 29.4 Å². The quantitative estimate of drug-likeness (QED) is 0.923. The minimum Gasteiger partial charge on any atom is -0.479 e. The van der Waals surface area contributed by atoms with Crippen LogP contribution >= 0.6 is 0 Å². The predicted molar refractivity (Wildman–Crippen MR) is 80.6 cm³/mol. The molecule has 0 radical (unpaired) electrons. The van der Waals surface area contributed by atoms with Gasteiger partial charge in [-0.25, -0.2) is 9.18 Å². The Balaban J connectivity index is 2.09. The number of hydrogen-bond donors (Lipinski definition) is 1. The topological polar surface area (TPSA) is 62.7 Å². The van der Waals surface area contributed by atoms with Crippen LogP contribution in [-0.4, -0.2) is 41.4 Å². The van der Waals surface area contributed by atoms with Crippen LogP contribution in [0.5, 0.6) is 0 Å². The molecule has 1 aliphatic heterocycles. The summed E-state index contributed by atoms with van der Waals surface area (Å²) in [6.07, 6.45) is 0.464. The van der Waals surface area contributed by atoms with Gasteiger partial charge in [0.15, 0.2) is 6.10 Å². The molecule has 1 saturated heterocycles. The molecule has 1 aliphatic rings. The van der Waals surface area contributed by atoms with Crippen molar-refractivity contribution in [2.75, 3.05) is 18.0 Å². The normalized spacial score (nSPS) is 22.0. The summed E-state index contributed by atoms with van der Waals surface area (Å²) in [5.74, 6) is -1.35. The molecule has 1 aromatic carbocycles. The molecule has 2 heterocycles. The molecule has 1 aromatic heterocycles. The molecule has 2 aromatic rings. The number of carboxylic acid groups (broad SMARTS) is 1. The number of aryl methyl sites for hydroxylation is 1. The number of rotatable bonds is 2. The molecule has 5 nitrogen and oxygen atoms in total. The van der Waals surface area contributed by atoms with E-state index in [0.29, 0.717) is 23.3 Å². The number of carbonyl (C=O) groups is 1. The molecule has 6 heteroatoms. The Morgan fingerprint density at radius 1 is 1.50 bits per heavy atom. The molecule has 1 N–H and O–H groups in total. The Bertz CT molecular complexity index is 735. The average Bonchev–Trinajstić information content (AvgIpc) is 2.50. The molecule has 1 fully saturated rings. The predicted octanol–water partition coefficient (Wildman–Crippen LogP) is 2.36. The van der Waals surface area contributed by atoms with Crippen molar-refractivity contribution in [3.05, 3.63) is 35.8 Å². The molecular weight excluding hydrogens is 287 g/mol. The lowest BCUT2D eigenvalue weighted by molar-refractivity contribution is -0.154. The largest absolute Gasteiger partial charge is 0.479 e. The first kappa shape index (κ1) is 14.7. The summed E-state index contributed by atoms with van der Waals surface area (Å²) >= 11 is 0. The van der Waals surface area contributed by atoms with E-state index in [-0.39, 0.29) is 18.5 Å². The SMILES string of the molecule is Cc1c(F)cc(N2C[C@@H](C)O[C@@H](C(=O)O)C2)c2cccnc12. The fourth-order valence-corrected chi connectivity index (χ4v) is 2.88. The minimum atomic E-state index is -1.01. The molecule has 0 aliphatic carbocycles. The second-order valence-corrected chi connectivity index (χ2v) is 5.58. The third kappa shape index (κ3) is 2.50. The van der Waals surface area contributed by atoms with Crippen LogP contribution in [0.15, 0.2) is 24.4 Å². The van der Waals surface area contributed by atoms with Crippen molar-refractivity contribution in [3.63, 3.8) is 0 Å². The molecule has 0 unspecified atom stereocenters. The fraction of sp³-hybridized carbons (Fsp3) is 0.375. The third-order valence-corrected chi connectivity index (χ3v) is 3.94. The molecule has 116 valence electrons. The average molecular weight is 304 g/mol. The summed E-state index contributed by atoms with van der Waals surface area (Å²) in [5, 5.41) is 10.0. The maximum Gasteiger partial charge on any atom is 0.334 e. The number of aromatic nitrogens is 1. The Labute approximate surface area is 127 Å². The van der Waals surface area contributed by atoms with E-state index in [1.54, 1.807) is 19.2 Å². The molecule has 0 saturated carbocycles. The Morgan fingerprint density at radius 2 is 2.27 bits per heavy atom. The number of hydrogen-bond acceptors (Lipinski definition) is 4. The number of pyridine rings is 1. The lowest BCUT2D eigenvalue weighted by Crippen LogP contribution is -2.49. The van der Waals surface area contributed by atoms with Gasteiger partial charge in [-0.3, -0.25) is 4.98 Å². The van der Waals surface area contributed by atoms with E-state index in [1.807, 2.05) is 17.9 Å². The Morgan fingerprint density at radius 3 is 3.00 bits per heavy atom. The minimum absolute atomic E-state index is 0.187. The number of aliphatic carboxylic acids is 1. The standard InChI is InChI=1S/C16H17FN2O3/c1-9-7-19(8-14(22-9)16(20)21)13-6-12(17)10(2)15-11(13)4-3-5-18-15/h3-6,9,14H,7-8H2,1-2H3,(H,20,21)/t9-,14-/m1/s1. The summed E-state index contributed by atoms with van der Waals surface area (Å²) in [5.41, 5.74) is 1.76. The van der Waals surface area contributed by atoms with Crippen LogP contribution in [0, 0.1) is 12.7 Å². The van der Waals surface area contributed by atoms with Crippen molar-refractivity contribution in [1.29, 1.82) is 0 Å². The molecule has 2 atom stereocenters. The summed E-state index contributed by atoms with van der Waals surface area (Å²) in [7, 11) is 0. The van der Waals surface area contributed by atoms with Crippen LogP contribution in [0.1, 0.15) is 12.5 Å². The highest BCUT2D eigenvalue weighted by Crippen LogP contribution is 2.31. The monoisotopic (exact) mass is 304 g/mol. The van der Waals surface area contributed by atoms with Gasteiger partial charge in [0.1, 0.15) is 5.82 Å². The van der Waals surface area contributed by atoms with Crippen LogP contribution < -0.4 is 4.90 Å². The number of morpholine rings is 1. The second-order valence-electron chi connectivity index (χ2n) is 5.58. The first-order chi connectivity index (χ1) is 10.5.